The van der Waals surface area contributed by atoms with E-state index in [1.165, 1.54) is 4.90 Å². The summed E-state index contributed by atoms with van der Waals surface area (Å²) in [6, 6.07) is 14.8. The lowest BCUT2D eigenvalue weighted by Gasteiger charge is -2.35. The molecule has 3 aliphatic heterocycles. The van der Waals surface area contributed by atoms with Gasteiger partial charge in [0.05, 0.1) is 30.3 Å². The molecule has 0 saturated carbocycles. The molecule has 0 spiro atoms. The number of benzene rings is 2. The van der Waals surface area contributed by atoms with Gasteiger partial charge >= 0.3 is 0 Å². The summed E-state index contributed by atoms with van der Waals surface area (Å²) >= 11 is 0. The number of amides is 3. The van der Waals surface area contributed by atoms with Crippen LogP contribution in [0, 0.1) is 5.92 Å². The summed E-state index contributed by atoms with van der Waals surface area (Å²) in [5, 5.41) is 0. The first kappa shape index (κ1) is 18.9. The van der Waals surface area contributed by atoms with Crippen molar-refractivity contribution >= 4 is 17.7 Å². The Hall–Kier alpha value is -3.15. The zero-order chi connectivity index (χ0) is 20.9. The molecule has 0 unspecified atom stereocenters. The fraction of sp³-hybridized carbons (Fsp3) is 0.375. The lowest BCUT2D eigenvalue weighted by Crippen LogP contribution is -2.51. The molecule has 154 valence electrons. The van der Waals surface area contributed by atoms with Crippen molar-refractivity contribution < 1.29 is 19.1 Å². The van der Waals surface area contributed by atoms with Crippen LogP contribution < -0.4 is 4.74 Å². The average Bonchev–Trinajstić information content (AvgIpc) is 3.36. The van der Waals surface area contributed by atoms with Crippen LogP contribution in [-0.4, -0.2) is 53.3 Å². The molecule has 2 aromatic carbocycles. The highest BCUT2D eigenvalue weighted by molar-refractivity contribution is 6.21. The zero-order valence-corrected chi connectivity index (χ0v) is 17.0. The van der Waals surface area contributed by atoms with Gasteiger partial charge in [-0.15, -0.1) is 0 Å². The molecule has 3 amide bonds. The molecule has 0 aromatic heterocycles. The molecule has 30 heavy (non-hydrogen) atoms. The van der Waals surface area contributed by atoms with Crippen molar-refractivity contribution in [2.45, 2.75) is 31.2 Å². The van der Waals surface area contributed by atoms with Crippen molar-refractivity contribution in [2.75, 3.05) is 20.2 Å². The molecule has 2 fully saturated rings. The van der Waals surface area contributed by atoms with E-state index < -0.39 is 5.54 Å². The van der Waals surface area contributed by atoms with E-state index in [0.717, 1.165) is 24.2 Å². The van der Waals surface area contributed by atoms with E-state index in [0.29, 0.717) is 30.5 Å². The highest BCUT2D eigenvalue weighted by atomic mass is 16.5. The van der Waals surface area contributed by atoms with E-state index in [4.69, 9.17) is 4.74 Å². The highest BCUT2D eigenvalue weighted by Crippen LogP contribution is 2.45. The van der Waals surface area contributed by atoms with Gasteiger partial charge < -0.3 is 9.64 Å². The Kier molecular flexibility index (Phi) is 4.38. The lowest BCUT2D eigenvalue weighted by atomic mass is 9.86. The minimum atomic E-state index is -0.443. The number of fused-ring (bicyclic) bond motifs is 2. The number of hydrogen-bond acceptors (Lipinski definition) is 4. The van der Waals surface area contributed by atoms with Crippen LogP contribution in [0.25, 0.3) is 0 Å². The van der Waals surface area contributed by atoms with Crippen molar-refractivity contribution in [3.63, 3.8) is 0 Å². The van der Waals surface area contributed by atoms with Crippen LogP contribution in [0.2, 0.25) is 0 Å². The van der Waals surface area contributed by atoms with Crippen molar-refractivity contribution in [3.05, 3.63) is 65.2 Å². The third kappa shape index (κ3) is 2.82. The molecule has 3 heterocycles. The predicted molar refractivity (Wildman–Crippen MR) is 110 cm³/mol. The van der Waals surface area contributed by atoms with Crippen molar-refractivity contribution in [3.8, 4) is 5.75 Å². The van der Waals surface area contributed by atoms with Crippen LogP contribution in [0.5, 0.6) is 5.75 Å². The number of rotatable bonds is 5. The maximum Gasteiger partial charge on any atom is 0.261 e. The minimum absolute atomic E-state index is 0.131. The van der Waals surface area contributed by atoms with Crippen molar-refractivity contribution in [1.82, 2.24) is 9.80 Å². The molecular formula is C24H24N2O4. The van der Waals surface area contributed by atoms with Crippen molar-refractivity contribution in [2.24, 2.45) is 5.92 Å². The first-order chi connectivity index (χ1) is 14.5. The molecule has 0 radical (unpaired) electrons. The summed E-state index contributed by atoms with van der Waals surface area (Å²) in [6.45, 7) is 0.977. The zero-order valence-electron chi connectivity index (χ0n) is 17.0. The fourth-order valence-electron chi connectivity index (χ4n) is 5.37. The third-order valence-electron chi connectivity index (χ3n) is 6.81. The Labute approximate surface area is 175 Å². The van der Waals surface area contributed by atoms with Gasteiger partial charge in [0.1, 0.15) is 5.75 Å². The lowest BCUT2D eigenvalue weighted by molar-refractivity contribution is -0.132. The third-order valence-corrected chi connectivity index (χ3v) is 6.81. The van der Waals surface area contributed by atoms with Gasteiger partial charge in [0.25, 0.3) is 11.8 Å². The summed E-state index contributed by atoms with van der Waals surface area (Å²) < 4.78 is 5.21. The molecule has 2 saturated heterocycles. The number of ether oxygens (including phenoxy) is 1. The van der Waals surface area contributed by atoms with E-state index in [9.17, 15) is 14.4 Å². The number of imide groups is 1. The Morgan fingerprint density at radius 3 is 2.30 bits per heavy atom. The molecule has 6 nitrogen and oxygen atoms in total. The Morgan fingerprint density at radius 2 is 1.67 bits per heavy atom. The SMILES string of the molecule is COc1ccc(C[C@H]2C[C@@]3(CN4C(=O)c5ccccc5C4=O)CCCN3C2=O)cc1. The van der Waals surface area contributed by atoms with Crippen LogP contribution >= 0.6 is 0 Å². The second-order valence-electron chi connectivity index (χ2n) is 8.51. The maximum atomic E-state index is 13.2. The fourth-order valence-corrected chi connectivity index (χ4v) is 5.37. The van der Waals surface area contributed by atoms with Gasteiger partial charge in [-0.3, -0.25) is 19.3 Å². The summed E-state index contributed by atoms with van der Waals surface area (Å²) in [7, 11) is 1.63. The molecule has 5 rings (SSSR count). The topological polar surface area (TPSA) is 66.9 Å². The molecule has 2 atom stereocenters. The smallest absolute Gasteiger partial charge is 0.261 e. The van der Waals surface area contributed by atoms with Gasteiger partial charge in [-0.1, -0.05) is 24.3 Å². The number of methoxy groups -OCH3 is 1. The van der Waals surface area contributed by atoms with Gasteiger partial charge in [0.2, 0.25) is 5.91 Å². The minimum Gasteiger partial charge on any atom is -0.497 e. The number of hydrogen-bond donors (Lipinski definition) is 0. The molecular weight excluding hydrogens is 380 g/mol. The summed E-state index contributed by atoms with van der Waals surface area (Å²) in [5.41, 5.74) is 1.57. The van der Waals surface area contributed by atoms with Gasteiger partial charge in [0.15, 0.2) is 0 Å². The van der Waals surface area contributed by atoms with Gasteiger partial charge in [0, 0.05) is 12.5 Å². The average molecular weight is 404 g/mol. The summed E-state index contributed by atoms with van der Waals surface area (Å²) in [6.07, 6.45) is 3.06. The molecule has 2 aromatic rings. The highest BCUT2D eigenvalue weighted by Gasteiger charge is 2.55. The molecule has 6 heteroatoms. The second-order valence-corrected chi connectivity index (χ2v) is 8.51. The first-order valence-electron chi connectivity index (χ1n) is 10.4. The van der Waals surface area contributed by atoms with Crippen molar-refractivity contribution in [1.29, 1.82) is 0 Å². The standard InChI is InChI=1S/C24H24N2O4/c1-30-18-9-7-16(8-10-18)13-17-14-24(11-4-12-26(24)21(17)27)15-25-22(28)19-5-2-3-6-20(19)23(25)29/h2-3,5-10,17H,4,11-15H2,1H3/t17-,24+/m0/s1. The summed E-state index contributed by atoms with van der Waals surface area (Å²) in [4.78, 5) is 42.2. The van der Waals surface area contributed by atoms with Crippen LogP contribution in [0.3, 0.4) is 0 Å². The van der Waals surface area contributed by atoms with Gasteiger partial charge in [-0.05, 0) is 55.5 Å². The van der Waals surface area contributed by atoms with E-state index in [1.54, 1.807) is 31.4 Å². The van der Waals surface area contributed by atoms with E-state index >= 15 is 0 Å². The Balaban J connectivity index is 1.37. The van der Waals surface area contributed by atoms with Crippen LogP contribution in [0.1, 0.15) is 45.5 Å². The summed E-state index contributed by atoms with van der Waals surface area (Å²) in [5.74, 6) is 0.304. The number of carbonyl (C=O) groups is 3. The molecule has 0 aliphatic carbocycles. The first-order valence-corrected chi connectivity index (χ1v) is 10.4. The van der Waals surface area contributed by atoms with Crippen LogP contribution in [0.15, 0.2) is 48.5 Å². The normalized spacial score (nSPS) is 25.1. The Morgan fingerprint density at radius 1 is 1.00 bits per heavy atom. The van der Waals surface area contributed by atoms with E-state index in [1.807, 2.05) is 29.2 Å². The van der Waals surface area contributed by atoms with E-state index in [2.05, 4.69) is 0 Å². The Bertz CT molecular complexity index is 997. The predicted octanol–water partition coefficient (Wildman–Crippen LogP) is 2.92. The van der Waals surface area contributed by atoms with Gasteiger partial charge in [-0.2, -0.15) is 0 Å². The number of carbonyl (C=O) groups excluding carboxylic acids is 3. The molecule has 0 N–H and O–H groups in total. The second kappa shape index (κ2) is 6.97. The molecule has 0 bridgehead atoms. The molecule has 3 aliphatic rings. The van der Waals surface area contributed by atoms with Crippen LogP contribution in [-0.2, 0) is 11.2 Å². The quantitative estimate of drug-likeness (QED) is 0.719. The largest absolute Gasteiger partial charge is 0.497 e. The van der Waals surface area contributed by atoms with Gasteiger partial charge in [-0.25, -0.2) is 0 Å². The monoisotopic (exact) mass is 404 g/mol. The maximum absolute atomic E-state index is 13.2. The van der Waals surface area contributed by atoms with Crippen LogP contribution in [0.4, 0.5) is 0 Å². The number of nitrogens with zero attached hydrogens (tertiary/aromatic N) is 2. The van der Waals surface area contributed by atoms with E-state index in [-0.39, 0.29) is 30.2 Å².